The Morgan fingerprint density at radius 1 is 0.588 bits per heavy atom. The van der Waals surface area contributed by atoms with Crippen molar-refractivity contribution >= 4 is 17.9 Å². The van der Waals surface area contributed by atoms with Gasteiger partial charge in [0.15, 0.2) is 0 Å². The van der Waals surface area contributed by atoms with E-state index in [2.05, 4.69) is 0 Å². The van der Waals surface area contributed by atoms with Crippen LogP contribution in [0.15, 0.2) is 0 Å². The summed E-state index contributed by atoms with van der Waals surface area (Å²) in [7, 11) is 0. The summed E-state index contributed by atoms with van der Waals surface area (Å²) in [6.45, 7) is 2.92. The largest absolute Gasteiger partial charge is 3.00 e. The Labute approximate surface area is 108 Å². The van der Waals surface area contributed by atoms with Gasteiger partial charge in [0.1, 0.15) is 0 Å². The third kappa shape index (κ3) is 1590. The molecule has 0 aromatic rings. The van der Waals surface area contributed by atoms with Gasteiger partial charge in [-0.25, -0.2) is 0 Å². The van der Waals surface area contributed by atoms with Crippen molar-refractivity contribution < 1.29 is 68.7 Å². The molecule has 0 bridgehead atoms. The van der Waals surface area contributed by atoms with Gasteiger partial charge < -0.3 is 51.6 Å². The first-order chi connectivity index (χ1) is 5.20. The summed E-state index contributed by atoms with van der Waals surface area (Å²) in [5, 5.41) is 26.7. The standard InChI is InChI=1S/3C2H4O2.Fe.4H2O/c3*1-2(3)4;;;;;/h3*1H3,(H,3,4);;4*1H2/q;;;+3;;;;/p-3. The number of aliphatic carboxylic acids is 3. The number of hydrogen-bond acceptors (Lipinski definition) is 6. The van der Waals surface area contributed by atoms with Crippen LogP contribution in [0.4, 0.5) is 0 Å². The van der Waals surface area contributed by atoms with Crippen molar-refractivity contribution in [2.75, 3.05) is 0 Å². The molecule has 0 saturated carbocycles. The van der Waals surface area contributed by atoms with E-state index in [0.717, 1.165) is 20.8 Å². The Kier molecular flexibility index (Phi) is 156. The summed E-state index contributed by atoms with van der Waals surface area (Å²) >= 11 is 0. The fourth-order valence-electron chi connectivity index (χ4n) is 0. The minimum atomic E-state index is -1.08. The molecule has 1 radical (unpaired) electrons. The second-order valence-corrected chi connectivity index (χ2v) is 1.47. The van der Waals surface area contributed by atoms with Crippen LogP contribution in [0.2, 0.25) is 0 Å². The van der Waals surface area contributed by atoms with Gasteiger partial charge in [0.25, 0.3) is 0 Å². The van der Waals surface area contributed by atoms with E-state index >= 15 is 0 Å². The summed E-state index contributed by atoms with van der Waals surface area (Å²) in [4.78, 5) is 26.7. The van der Waals surface area contributed by atoms with Gasteiger partial charge in [0.05, 0.1) is 0 Å². The van der Waals surface area contributed by atoms with E-state index < -0.39 is 17.9 Å². The third-order valence-corrected chi connectivity index (χ3v) is 0. The summed E-state index contributed by atoms with van der Waals surface area (Å²) in [6.07, 6.45) is 0. The van der Waals surface area contributed by atoms with E-state index in [9.17, 15) is 0 Å². The SMILES string of the molecule is CC(=O)[O-].CC(=O)[O-].CC(=O)[O-].O.O.O.O.[Fe+3]. The summed E-state index contributed by atoms with van der Waals surface area (Å²) in [6, 6.07) is 0. The van der Waals surface area contributed by atoms with Crippen molar-refractivity contribution in [1.82, 2.24) is 0 Å². The van der Waals surface area contributed by atoms with Gasteiger partial charge >= 0.3 is 17.1 Å². The van der Waals surface area contributed by atoms with Gasteiger partial charge in [0, 0.05) is 17.9 Å². The van der Waals surface area contributed by atoms with Crippen molar-refractivity contribution in [3.8, 4) is 0 Å². The zero-order chi connectivity index (χ0) is 10.7. The Balaban J connectivity index is -0.0000000104. The number of carbonyl (C=O) groups is 3. The van der Waals surface area contributed by atoms with E-state index in [1.165, 1.54) is 0 Å². The van der Waals surface area contributed by atoms with Gasteiger partial charge in [0.2, 0.25) is 0 Å². The smallest absolute Gasteiger partial charge is 0.550 e. The molecule has 8 N–H and O–H groups in total. The third-order valence-electron chi connectivity index (χ3n) is 0. The van der Waals surface area contributed by atoms with Crippen LogP contribution in [0.25, 0.3) is 0 Å². The molecule has 0 rings (SSSR count). The molecular weight excluding hydrogens is 288 g/mol. The van der Waals surface area contributed by atoms with Crippen molar-refractivity contribution in [1.29, 1.82) is 0 Å². The van der Waals surface area contributed by atoms with E-state index in [0.29, 0.717) is 0 Å². The van der Waals surface area contributed by atoms with Crippen molar-refractivity contribution in [3.05, 3.63) is 0 Å². The molecule has 10 nitrogen and oxygen atoms in total. The molecule has 0 amide bonds. The first-order valence-electron chi connectivity index (χ1n) is 2.72. The zero-order valence-corrected chi connectivity index (χ0v) is 10.4. The number of rotatable bonds is 0. The zero-order valence-electron chi connectivity index (χ0n) is 9.30. The van der Waals surface area contributed by atoms with E-state index in [1.54, 1.807) is 0 Å². The average molecular weight is 305 g/mol. The van der Waals surface area contributed by atoms with Gasteiger partial charge in [-0.3, -0.25) is 0 Å². The van der Waals surface area contributed by atoms with Crippen LogP contribution in [0, 0.1) is 0 Å². The van der Waals surface area contributed by atoms with Gasteiger partial charge in [-0.1, -0.05) is 0 Å². The van der Waals surface area contributed by atoms with Crippen molar-refractivity contribution in [2.45, 2.75) is 20.8 Å². The maximum Gasteiger partial charge on any atom is 3.00 e. The Morgan fingerprint density at radius 3 is 0.588 bits per heavy atom. The Morgan fingerprint density at radius 2 is 0.588 bits per heavy atom. The number of carbonyl (C=O) groups excluding carboxylic acids is 3. The molecule has 0 heterocycles. The minimum Gasteiger partial charge on any atom is -0.550 e. The summed E-state index contributed by atoms with van der Waals surface area (Å²) in [5.41, 5.74) is 0. The van der Waals surface area contributed by atoms with Crippen LogP contribution >= 0.6 is 0 Å². The predicted molar refractivity (Wildman–Crippen MR) is 46.5 cm³/mol. The van der Waals surface area contributed by atoms with Crippen molar-refractivity contribution in [3.63, 3.8) is 0 Å². The quantitative estimate of drug-likeness (QED) is 0.392. The van der Waals surface area contributed by atoms with Crippen LogP contribution in [0.3, 0.4) is 0 Å². The Hall–Kier alpha value is -1.23. The molecule has 0 fully saturated rings. The summed E-state index contributed by atoms with van der Waals surface area (Å²) < 4.78 is 0. The molecule has 0 aromatic heterocycles. The van der Waals surface area contributed by atoms with Crippen LogP contribution in [0.5, 0.6) is 0 Å². The molecule has 0 saturated heterocycles. The molecule has 109 valence electrons. The topological polar surface area (TPSA) is 246 Å². The molecule has 0 unspecified atom stereocenters. The number of hydrogen-bond donors (Lipinski definition) is 0. The van der Waals surface area contributed by atoms with E-state index in [-0.39, 0.29) is 39.0 Å². The molecule has 11 heteroatoms. The van der Waals surface area contributed by atoms with Crippen LogP contribution < -0.4 is 15.3 Å². The fraction of sp³-hybridized carbons (Fsp3) is 0.500. The number of carboxylic acids is 3. The molecule has 0 aliphatic rings. The second-order valence-electron chi connectivity index (χ2n) is 1.47. The van der Waals surface area contributed by atoms with Gasteiger partial charge in [-0.15, -0.1) is 0 Å². The molecule has 0 spiro atoms. The summed E-state index contributed by atoms with van der Waals surface area (Å²) in [5.74, 6) is -3.25. The normalized spacial score (nSPS) is 4.41. The maximum atomic E-state index is 8.89. The Bertz CT molecular complexity index is 118. The molecule has 0 aliphatic carbocycles. The van der Waals surface area contributed by atoms with Gasteiger partial charge in [-0.2, -0.15) is 0 Å². The van der Waals surface area contributed by atoms with E-state index in [4.69, 9.17) is 29.7 Å². The molecule has 0 atom stereocenters. The van der Waals surface area contributed by atoms with Crippen LogP contribution in [-0.2, 0) is 31.5 Å². The fourth-order valence-corrected chi connectivity index (χ4v) is 0. The second kappa shape index (κ2) is 46.4. The first kappa shape index (κ1) is 57.0. The molecule has 0 aliphatic heterocycles. The predicted octanol–water partition coefficient (Wildman–Crippen LogP) is -7.03. The van der Waals surface area contributed by atoms with E-state index in [1.807, 2.05) is 0 Å². The van der Waals surface area contributed by atoms with Crippen LogP contribution in [-0.4, -0.2) is 39.8 Å². The average Bonchev–Trinajstić information content (AvgIpc) is 1.54. The monoisotopic (exact) mass is 305 g/mol. The van der Waals surface area contributed by atoms with Crippen LogP contribution in [0.1, 0.15) is 20.8 Å². The van der Waals surface area contributed by atoms with Crippen molar-refractivity contribution in [2.24, 2.45) is 0 Å². The molecule has 0 aromatic carbocycles. The minimum absolute atomic E-state index is 0. The molecule has 17 heavy (non-hydrogen) atoms. The first-order valence-corrected chi connectivity index (χ1v) is 2.72. The van der Waals surface area contributed by atoms with Gasteiger partial charge in [-0.05, 0) is 20.8 Å². The molecular formula is C6H17FeO10. The maximum absolute atomic E-state index is 8.89. The number of carboxylic acid groups (broad SMARTS) is 3.